The van der Waals surface area contributed by atoms with E-state index in [-0.39, 0.29) is 18.7 Å². The van der Waals surface area contributed by atoms with Crippen molar-refractivity contribution in [2.75, 3.05) is 6.61 Å². The van der Waals surface area contributed by atoms with Crippen LogP contribution >= 0.6 is 15.9 Å². The molecule has 0 spiro atoms. The molecule has 1 aromatic carbocycles. The number of aliphatic hydroxyl groups excluding tert-OH is 1. The third kappa shape index (κ3) is 3.93. The molecular formula is C12H18BrNO. The standard InChI is InChI=1S/C12H18BrNO/c1-3-12(8-15)14-9(2)10-5-4-6-11(13)7-10/h4-7,9,12,14-15H,3,8H2,1-2H3/t9-,12-/m1/s1. The van der Waals surface area contributed by atoms with E-state index >= 15 is 0 Å². The van der Waals surface area contributed by atoms with Gasteiger partial charge in [-0.3, -0.25) is 0 Å². The van der Waals surface area contributed by atoms with E-state index in [2.05, 4.69) is 47.2 Å². The highest BCUT2D eigenvalue weighted by Crippen LogP contribution is 2.18. The molecular weight excluding hydrogens is 254 g/mol. The van der Waals surface area contributed by atoms with Crippen molar-refractivity contribution in [3.8, 4) is 0 Å². The fourth-order valence-electron chi connectivity index (χ4n) is 1.53. The van der Waals surface area contributed by atoms with Crippen LogP contribution in [0.1, 0.15) is 31.9 Å². The SMILES string of the molecule is CC[C@H](CO)N[C@H](C)c1cccc(Br)c1. The first-order chi connectivity index (χ1) is 7.17. The Balaban J connectivity index is 2.64. The minimum Gasteiger partial charge on any atom is -0.395 e. The predicted octanol–water partition coefficient (Wildman–Crippen LogP) is 2.87. The van der Waals surface area contributed by atoms with Gasteiger partial charge in [0.05, 0.1) is 6.61 Å². The van der Waals surface area contributed by atoms with Crippen LogP contribution in [0.15, 0.2) is 28.7 Å². The van der Waals surface area contributed by atoms with Crippen molar-refractivity contribution in [1.29, 1.82) is 0 Å². The molecule has 2 N–H and O–H groups in total. The summed E-state index contributed by atoms with van der Waals surface area (Å²) in [7, 11) is 0. The van der Waals surface area contributed by atoms with Crippen LogP contribution in [0.25, 0.3) is 0 Å². The number of benzene rings is 1. The molecule has 1 rings (SSSR count). The van der Waals surface area contributed by atoms with E-state index in [0.29, 0.717) is 0 Å². The van der Waals surface area contributed by atoms with Crippen LogP contribution in [-0.4, -0.2) is 17.8 Å². The maximum absolute atomic E-state index is 9.10. The molecule has 0 aliphatic carbocycles. The first-order valence-electron chi connectivity index (χ1n) is 5.29. The highest BCUT2D eigenvalue weighted by molar-refractivity contribution is 9.10. The van der Waals surface area contributed by atoms with E-state index in [9.17, 15) is 0 Å². The van der Waals surface area contributed by atoms with Gasteiger partial charge in [0, 0.05) is 16.6 Å². The fraction of sp³-hybridized carbons (Fsp3) is 0.500. The van der Waals surface area contributed by atoms with Crippen molar-refractivity contribution in [3.63, 3.8) is 0 Å². The van der Waals surface area contributed by atoms with Gasteiger partial charge in [0.15, 0.2) is 0 Å². The molecule has 0 radical (unpaired) electrons. The summed E-state index contributed by atoms with van der Waals surface area (Å²) in [4.78, 5) is 0. The van der Waals surface area contributed by atoms with Gasteiger partial charge < -0.3 is 10.4 Å². The first-order valence-corrected chi connectivity index (χ1v) is 6.09. The Morgan fingerprint density at radius 1 is 1.47 bits per heavy atom. The van der Waals surface area contributed by atoms with Crippen LogP contribution < -0.4 is 5.32 Å². The minimum absolute atomic E-state index is 0.180. The highest BCUT2D eigenvalue weighted by Gasteiger charge is 2.10. The molecule has 1 aromatic rings. The van der Waals surface area contributed by atoms with Crippen molar-refractivity contribution in [1.82, 2.24) is 5.32 Å². The van der Waals surface area contributed by atoms with Crippen molar-refractivity contribution < 1.29 is 5.11 Å². The molecule has 0 aliphatic rings. The summed E-state index contributed by atoms with van der Waals surface area (Å²) in [5.41, 5.74) is 1.23. The zero-order valence-corrected chi connectivity index (χ0v) is 10.8. The maximum Gasteiger partial charge on any atom is 0.0584 e. The van der Waals surface area contributed by atoms with Crippen LogP contribution in [0.5, 0.6) is 0 Å². The Morgan fingerprint density at radius 3 is 2.73 bits per heavy atom. The Labute approximate surface area is 99.8 Å². The van der Waals surface area contributed by atoms with Gasteiger partial charge in [-0.15, -0.1) is 0 Å². The van der Waals surface area contributed by atoms with Crippen LogP contribution in [0, 0.1) is 0 Å². The molecule has 84 valence electrons. The minimum atomic E-state index is 0.180. The van der Waals surface area contributed by atoms with Crippen LogP contribution in [0.2, 0.25) is 0 Å². The van der Waals surface area contributed by atoms with Gasteiger partial charge in [-0.1, -0.05) is 35.0 Å². The quantitative estimate of drug-likeness (QED) is 0.863. The van der Waals surface area contributed by atoms with Gasteiger partial charge in [0.25, 0.3) is 0 Å². The maximum atomic E-state index is 9.10. The Kier molecular flexibility index (Phi) is 5.29. The van der Waals surface area contributed by atoms with E-state index in [1.54, 1.807) is 0 Å². The second-order valence-corrected chi connectivity index (χ2v) is 4.65. The van der Waals surface area contributed by atoms with E-state index in [1.807, 2.05) is 12.1 Å². The Bertz CT molecular complexity index is 299. The molecule has 0 amide bonds. The number of rotatable bonds is 5. The predicted molar refractivity (Wildman–Crippen MR) is 66.9 cm³/mol. The van der Waals surface area contributed by atoms with Gasteiger partial charge >= 0.3 is 0 Å². The van der Waals surface area contributed by atoms with Crippen LogP contribution in [0.4, 0.5) is 0 Å². The zero-order valence-electron chi connectivity index (χ0n) is 9.20. The van der Waals surface area contributed by atoms with Gasteiger partial charge in [-0.05, 0) is 31.0 Å². The normalized spacial score (nSPS) is 14.9. The summed E-state index contributed by atoms with van der Waals surface area (Å²) < 4.78 is 1.09. The first kappa shape index (κ1) is 12.7. The number of hydrogen-bond acceptors (Lipinski definition) is 2. The molecule has 3 heteroatoms. The molecule has 0 saturated carbocycles. The number of halogens is 1. The molecule has 0 saturated heterocycles. The molecule has 0 fully saturated rings. The third-order valence-corrected chi connectivity index (χ3v) is 3.04. The molecule has 2 atom stereocenters. The van der Waals surface area contributed by atoms with E-state index < -0.39 is 0 Å². The number of hydrogen-bond donors (Lipinski definition) is 2. The van der Waals surface area contributed by atoms with Crippen molar-refractivity contribution >= 4 is 15.9 Å². The largest absolute Gasteiger partial charge is 0.395 e. The molecule has 0 heterocycles. The average Bonchev–Trinajstić information content (AvgIpc) is 2.25. The zero-order chi connectivity index (χ0) is 11.3. The second-order valence-electron chi connectivity index (χ2n) is 3.73. The van der Waals surface area contributed by atoms with Gasteiger partial charge in [0.2, 0.25) is 0 Å². The smallest absolute Gasteiger partial charge is 0.0584 e. The summed E-state index contributed by atoms with van der Waals surface area (Å²) in [6.45, 7) is 4.37. The lowest BCUT2D eigenvalue weighted by molar-refractivity contribution is 0.230. The lowest BCUT2D eigenvalue weighted by Gasteiger charge is -2.20. The monoisotopic (exact) mass is 271 g/mol. The van der Waals surface area contributed by atoms with Crippen LogP contribution in [0.3, 0.4) is 0 Å². The molecule has 0 aromatic heterocycles. The van der Waals surface area contributed by atoms with Gasteiger partial charge in [0.1, 0.15) is 0 Å². The Morgan fingerprint density at radius 2 is 2.20 bits per heavy atom. The fourth-order valence-corrected chi connectivity index (χ4v) is 1.94. The molecule has 2 nitrogen and oxygen atoms in total. The van der Waals surface area contributed by atoms with Crippen molar-refractivity contribution in [2.24, 2.45) is 0 Å². The van der Waals surface area contributed by atoms with Gasteiger partial charge in [-0.25, -0.2) is 0 Å². The van der Waals surface area contributed by atoms with Crippen molar-refractivity contribution in [3.05, 3.63) is 34.3 Å². The summed E-state index contributed by atoms with van der Waals surface area (Å²) >= 11 is 3.45. The summed E-state index contributed by atoms with van der Waals surface area (Å²) in [6, 6.07) is 8.67. The topological polar surface area (TPSA) is 32.3 Å². The number of aliphatic hydroxyl groups is 1. The Hall–Kier alpha value is -0.380. The number of nitrogens with one attached hydrogen (secondary N) is 1. The molecule has 0 aliphatic heterocycles. The van der Waals surface area contributed by atoms with E-state index in [1.165, 1.54) is 5.56 Å². The van der Waals surface area contributed by atoms with Crippen LogP contribution in [-0.2, 0) is 0 Å². The lowest BCUT2D eigenvalue weighted by atomic mass is 10.1. The van der Waals surface area contributed by atoms with E-state index in [4.69, 9.17) is 5.11 Å². The molecule has 0 unspecified atom stereocenters. The second kappa shape index (κ2) is 6.26. The van der Waals surface area contributed by atoms with Crippen molar-refractivity contribution in [2.45, 2.75) is 32.4 Å². The molecule has 15 heavy (non-hydrogen) atoms. The highest BCUT2D eigenvalue weighted by atomic mass is 79.9. The summed E-state index contributed by atoms with van der Waals surface area (Å²) in [5.74, 6) is 0. The third-order valence-electron chi connectivity index (χ3n) is 2.55. The van der Waals surface area contributed by atoms with Gasteiger partial charge in [-0.2, -0.15) is 0 Å². The summed E-state index contributed by atoms with van der Waals surface area (Å²) in [5, 5.41) is 12.5. The average molecular weight is 272 g/mol. The van der Waals surface area contributed by atoms with E-state index in [0.717, 1.165) is 10.9 Å². The lowest BCUT2D eigenvalue weighted by Crippen LogP contribution is -2.33. The molecule has 0 bridgehead atoms. The summed E-state index contributed by atoms with van der Waals surface area (Å²) in [6.07, 6.45) is 0.939.